The van der Waals surface area contributed by atoms with Crippen LogP contribution in [-0.2, 0) is 17.1 Å². The van der Waals surface area contributed by atoms with Gasteiger partial charge in [0.1, 0.15) is 6.54 Å². The first-order valence-electron chi connectivity index (χ1n) is 7.76. The first-order valence-corrected chi connectivity index (χ1v) is 8.75. The Morgan fingerprint density at radius 2 is 2.00 bits per heavy atom. The van der Waals surface area contributed by atoms with Crippen molar-refractivity contribution in [2.24, 2.45) is 0 Å². The van der Waals surface area contributed by atoms with Crippen molar-refractivity contribution in [3.05, 3.63) is 46.6 Å². The molecule has 2 aromatic rings. The van der Waals surface area contributed by atoms with E-state index in [0.29, 0.717) is 16.6 Å². The van der Waals surface area contributed by atoms with Crippen molar-refractivity contribution >= 4 is 17.7 Å². The Morgan fingerprint density at radius 1 is 1.32 bits per heavy atom. The Hall–Kier alpha value is -2.35. The standard InChI is InChI=1S/C17H22N4O3S/c1-17(2,3)20-15(23)10-21-9-14(24-4)13(22)8-12(21)11-25-16-18-6-5-7-19-16/h5-9H,10-11H2,1-4H3,(H,20,23). The summed E-state index contributed by atoms with van der Waals surface area (Å²) in [6, 6.07) is 3.23. The van der Waals surface area contributed by atoms with Gasteiger partial charge in [0.2, 0.25) is 11.3 Å². The van der Waals surface area contributed by atoms with E-state index in [2.05, 4.69) is 15.3 Å². The van der Waals surface area contributed by atoms with E-state index in [4.69, 9.17) is 4.74 Å². The molecule has 2 rings (SSSR count). The minimum atomic E-state index is -0.326. The molecule has 0 aromatic carbocycles. The van der Waals surface area contributed by atoms with Crippen LogP contribution in [0.2, 0.25) is 0 Å². The topological polar surface area (TPSA) is 86.1 Å². The van der Waals surface area contributed by atoms with E-state index in [1.807, 2.05) is 20.8 Å². The monoisotopic (exact) mass is 362 g/mol. The highest BCUT2D eigenvalue weighted by Crippen LogP contribution is 2.19. The van der Waals surface area contributed by atoms with Gasteiger partial charge >= 0.3 is 0 Å². The fourth-order valence-corrected chi connectivity index (χ4v) is 2.93. The molecular weight excluding hydrogens is 340 g/mol. The zero-order valence-corrected chi connectivity index (χ0v) is 15.6. The van der Waals surface area contributed by atoms with Gasteiger partial charge in [-0.3, -0.25) is 9.59 Å². The lowest BCUT2D eigenvalue weighted by Gasteiger charge is -2.22. The molecule has 2 heterocycles. The van der Waals surface area contributed by atoms with E-state index >= 15 is 0 Å². The quantitative estimate of drug-likeness (QED) is 0.623. The largest absolute Gasteiger partial charge is 0.491 e. The fourth-order valence-electron chi connectivity index (χ4n) is 2.13. The molecule has 0 bridgehead atoms. The molecule has 1 amide bonds. The SMILES string of the molecule is COc1cn(CC(=O)NC(C)(C)C)c(CSc2ncccn2)cc1=O. The fraction of sp³-hybridized carbons (Fsp3) is 0.412. The van der Waals surface area contributed by atoms with Gasteiger partial charge in [0.15, 0.2) is 10.9 Å². The van der Waals surface area contributed by atoms with Crippen LogP contribution in [-0.4, -0.2) is 33.1 Å². The van der Waals surface area contributed by atoms with Crippen molar-refractivity contribution in [3.8, 4) is 5.75 Å². The maximum absolute atomic E-state index is 12.3. The summed E-state index contributed by atoms with van der Waals surface area (Å²) in [5.41, 5.74) is 0.152. The van der Waals surface area contributed by atoms with Crippen LogP contribution in [0.25, 0.3) is 0 Å². The second-order valence-electron chi connectivity index (χ2n) is 6.44. The van der Waals surface area contributed by atoms with Gasteiger partial charge in [0.25, 0.3) is 0 Å². The number of amides is 1. The van der Waals surface area contributed by atoms with E-state index < -0.39 is 0 Å². The summed E-state index contributed by atoms with van der Waals surface area (Å²) in [6.45, 7) is 5.85. The number of ether oxygens (including phenoxy) is 1. The van der Waals surface area contributed by atoms with E-state index in [1.165, 1.54) is 24.9 Å². The van der Waals surface area contributed by atoms with Gasteiger partial charge in [-0.25, -0.2) is 9.97 Å². The normalized spacial score (nSPS) is 11.2. The number of carbonyl (C=O) groups excluding carboxylic acids is 1. The molecule has 8 heteroatoms. The maximum atomic E-state index is 12.3. The minimum absolute atomic E-state index is 0.0967. The first-order chi connectivity index (χ1) is 11.8. The molecule has 0 atom stereocenters. The van der Waals surface area contributed by atoms with Crippen molar-refractivity contribution in [1.82, 2.24) is 19.9 Å². The minimum Gasteiger partial charge on any atom is -0.491 e. The summed E-state index contributed by atoms with van der Waals surface area (Å²) in [6.07, 6.45) is 4.88. The summed E-state index contributed by atoms with van der Waals surface area (Å²) in [4.78, 5) is 32.6. The van der Waals surface area contributed by atoms with Crippen molar-refractivity contribution < 1.29 is 9.53 Å². The van der Waals surface area contributed by atoms with Gasteiger partial charge in [-0.1, -0.05) is 11.8 Å². The third-order valence-electron chi connectivity index (χ3n) is 3.12. The average molecular weight is 362 g/mol. The van der Waals surface area contributed by atoms with Crippen LogP contribution >= 0.6 is 11.8 Å². The number of thioether (sulfide) groups is 1. The summed E-state index contributed by atoms with van der Waals surface area (Å²) in [5, 5.41) is 3.52. The second kappa shape index (κ2) is 8.15. The van der Waals surface area contributed by atoms with E-state index in [9.17, 15) is 9.59 Å². The summed E-state index contributed by atoms with van der Waals surface area (Å²) in [5.74, 6) is 0.528. The van der Waals surface area contributed by atoms with Crippen molar-refractivity contribution in [3.63, 3.8) is 0 Å². The Kier molecular flexibility index (Phi) is 6.19. The number of hydrogen-bond acceptors (Lipinski definition) is 6. The number of nitrogens with one attached hydrogen (secondary N) is 1. The van der Waals surface area contributed by atoms with Crippen molar-refractivity contribution in [2.75, 3.05) is 7.11 Å². The van der Waals surface area contributed by atoms with Gasteiger partial charge in [0.05, 0.1) is 13.3 Å². The van der Waals surface area contributed by atoms with Crippen LogP contribution < -0.4 is 15.5 Å². The molecule has 1 N–H and O–H groups in total. The molecule has 0 spiro atoms. The smallest absolute Gasteiger partial charge is 0.240 e. The number of nitrogens with zero attached hydrogens (tertiary/aromatic N) is 3. The molecule has 0 fully saturated rings. The Morgan fingerprint density at radius 3 is 2.60 bits per heavy atom. The van der Waals surface area contributed by atoms with Crippen LogP contribution in [0.4, 0.5) is 0 Å². The lowest BCUT2D eigenvalue weighted by Crippen LogP contribution is -2.42. The van der Waals surface area contributed by atoms with Crippen LogP contribution in [0, 0.1) is 0 Å². The number of methoxy groups -OCH3 is 1. The molecule has 25 heavy (non-hydrogen) atoms. The summed E-state index contributed by atoms with van der Waals surface area (Å²) >= 11 is 1.40. The molecule has 0 unspecified atom stereocenters. The van der Waals surface area contributed by atoms with Gasteiger partial charge in [-0.2, -0.15) is 0 Å². The summed E-state index contributed by atoms with van der Waals surface area (Å²) < 4.78 is 6.81. The predicted molar refractivity (Wildman–Crippen MR) is 96.7 cm³/mol. The van der Waals surface area contributed by atoms with E-state index in [0.717, 1.165) is 0 Å². The summed E-state index contributed by atoms with van der Waals surface area (Å²) in [7, 11) is 1.43. The molecule has 134 valence electrons. The van der Waals surface area contributed by atoms with E-state index in [-0.39, 0.29) is 29.2 Å². The highest BCUT2D eigenvalue weighted by atomic mass is 32.2. The van der Waals surface area contributed by atoms with Crippen LogP contribution in [0.5, 0.6) is 5.75 Å². The lowest BCUT2D eigenvalue weighted by molar-refractivity contribution is -0.123. The van der Waals surface area contributed by atoms with Crippen LogP contribution in [0.3, 0.4) is 0 Å². The molecule has 0 saturated heterocycles. The number of carbonyl (C=O) groups is 1. The van der Waals surface area contributed by atoms with Crippen molar-refractivity contribution in [2.45, 2.75) is 43.8 Å². The van der Waals surface area contributed by atoms with Gasteiger partial charge in [-0.15, -0.1) is 0 Å². The van der Waals surface area contributed by atoms with Crippen molar-refractivity contribution in [1.29, 1.82) is 0 Å². The Balaban J connectivity index is 2.23. The maximum Gasteiger partial charge on any atom is 0.240 e. The third-order valence-corrected chi connectivity index (χ3v) is 4.03. The third kappa shape index (κ3) is 5.90. The Labute approximate surface area is 150 Å². The van der Waals surface area contributed by atoms with E-state index in [1.54, 1.807) is 29.2 Å². The lowest BCUT2D eigenvalue weighted by atomic mass is 10.1. The highest BCUT2D eigenvalue weighted by Gasteiger charge is 2.16. The molecule has 0 aliphatic rings. The van der Waals surface area contributed by atoms with Crippen LogP contribution in [0.15, 0.2) is 40.7 Å². The Bertz CT molecular complexity index is 785. The number of rotatable bonds is 6. The van der Waals surface area contributed by atoms with Crippen LogP contribution in [0.1, 0.15) is 26.5 Å². The zero-order chi connectivity index (χ0) is 18.4. The predicted octanol–water partition coefficient (Wildman–Crippen LogP) is 1.85. The first kappa shape index (κ1) is 19.0. The highest BCUT2D eigenvalue weighted by molar-refractivity contribution is 7.98. The second-order valence-corrected chi connectivity index (χ2v) is 7.39. The van der Waals surface area contributed by atoms with Gasteiger partial charge < -0.3 is 14.6 Å². The number of pyridine rings is 1. The molecule has 2 aromatic heterocycles. The molecular formula is C17H22N4O3S. The molecule has 0 radical (unpaired) electrons. The molecule has 0 aliphatic heterocycles. The van der Waals surface area contributed by atoms with Gasteiger partial charge in [-0.05, 0) is 26.8 Å². The average Bonchev–Trinajstić information content (AvgIpc) is 2.54. The van der Waals surface area contributed by atoms with Gasteiger partial charge in [0, 0.05) is 35.4 Å². The number of hydrogen-bond donors (Lipinski definition) is 1. The zero-order valence-electron chi connectivity index (χ0n) is 14.8. The molecule has 7 nitrogen and oxygen atoms in total. The molecule has 0 saturated carbocycles. The molecule has 0 aliphatic carbocycles. The number of aromatic nitrogens is 3.